The molecule has 1 aliphatic heterocycles. The molecule has 0 fully saturated rings. The Balaban J connectivity index is 1.75. The summed E-state index contributed by atoms with van der Waals surface area (Å²) >= 11 is 1.95. The first-order chi connectivity index (χ1) is 14.5. The van der Waals surface area contributed by atoms with Crippen molar-refractivity contribution in [3.8, 4) is 17.8 Å². The van der Waals surface area contributed by atoms with Crippen molar-refractivity contribution in [3.05, 3.63) is 47.2 Å². The summed E-state index contributed by atoms with van der Waals surface area (Å²) in [5.74, 6) is 7.90. The minimum Gasteiger partial charge on any atom is -0.417 e. The van der Waals surface area contributed by atoms with Gasteiger partial charge in [-0.25, -0.2) is 0 Å². The number of furan rings is 1. The zero-order chi connectivity index (χ0) is 21.6. The van der Waals surface area contributed by atoms with Crippen LogP contribution in [0.5, 0.6) is 5.95 Å². The summed E-state index contributed by atoms with van der Waals surface area (Å²) in [6.07, 6.45) is 6.08. The molecule has 1 atom stereocenters. The number of benzene rings is 1. The highest BCUT2D eigenvalue weighted by molar-refractivity contribution is 7.99. The summed E-state index contributed by atoms with van der Waals surface area (Å²) in [5, 5.41) is 0. The molecule has 3 rings (SSSR count). The summed E-state index contributed by atoms with van der Waals surface area (Å²) in [5.41, 5.74) is 2.69. The molecule has 0 bridgehead atoms. The van der Waals surface area contributed by atoms with Crippen molar-refractivity contribution < 1.29 is 13.9 Å². The fraction of sp³-hybridized carbons (Fsp3) is 0.500. The third-order valence-corrected chi connectivity index (χ3v) is 7.39. The molecule has 0 amide bonds. The molecule has 1 aliphatic rings. The molecule has 0 N–H and O–H groups in total. The van der Waals surface area contributed by atoms with Gasteiger partial charge < -0.3 is 9.15 Å². The summed E-state index contributed by atoms with van der Waals surface area (Å²) in [4.78, 5) is 13.6. The molecule has 2 aromatic rings. The lowest BCUT2D eigenvalue weighted by Crippen LogP contribution is -2.28. The van der Waals surface area contributed by atoms with E-state index in [1.54, 1.807) is 12.1 Å². The number of carbonyl (C=O) groups is 1. The van der Waals surface area contributed by atoms with Crippen LogP contribution in [0.15, 0.2) is 39.6 Å². The van der Waals surface area contributed by atoms with Gasteiger partial charge in [0.2, 0.25) is 0 Å². The van der Waals surface area contributed by atoms with Gasteiger partial charge >= 0.3 is 5.97 Å². The highest BCUT2D eigenvalue weighted by atomic mass is 32.2. The zero-order valence-electron chi connectivity index (χ0n) is 18.5. The van der Waals surface area contributed by atoms with Crippen molar-refractivity contribution >= 4 is 17.7 Å². The number of hydrogen-bond donors (Lipinski definition) is 0. The second-order valence-corrected chi connectivity index (χ2v) is 9.12. The number of carbonyl (C=O) groups excluding carboxylic acids is 1. The average Bonchev–Trinajstić information content (AvgIpc) is 3.22. The van der Waals surface area contributed by atoms with E-state index in [9.17, 15) is 4.79 Å². The molecule has 0 radical (unpaired) electrons. The summed E-state index contributed by atoms with van der Waals surface area (Å²) in [6, 6.07) is 9.97. The standard InChI is InChI=1S/C26H32O3S/c1-5-9-20(6-2)25(27)29-24-15-13-21(28-24)12-10-19-11-14-23-22(18-19)26(7-3,8-4)16-17-30-23/h11,13-15,18,20H,5-9,16-17H2,1-4H3. The molecule has 30 heavy (non-hydrogen) atoms. The van der Waals surface area contributed by atoms with Gasteiger partial charge in [0.15, 0.2) is 5.76 Å². The molecule has 0 spiro atoms. The first kappa shape index (κ1) is 22.6. The highest BCUT2D eigenvalue weighted by Gasteiger charge is 2.33. The van der Waals surface area contributed by atoms with Crippen LogP contribution < -0.4 is 4.74 Å². The minimum atomic E-state index is -0.226. The molecule has 160 valence electrons. The van der Waals surface area contributed by atoms with Gasteiger partial charge in [-0.15, -0.1) is 11.8 Å². The van der Waals surface area contributed by atoms with Crippen molar-refractivity contribution in [2.45, 2.75) is 76.5 Å². The highest BCUT2D eigenvalue weighted by Crippen LogP contribution is 2.46. The van der Waals surface area contributed by atoms with E-state index < -0.39 is 0 Å². The Morgan fingerprint density at radius 1 is 1.17 bits per heavy atom. The molecule has 0 saturated heterocycles. The van der Waals surface area contributed by atoms with E-state index in [-0.39, 0.29) is 23.2 Å². The van der Waals surface area contributed by atoms with E-state index in [0.717, 1.165) is 37.7 Å². The maximum atomic E-state index is 12.3. The smallest absolute Gasteiger partial charge is 0.316 e. The van der Waals surface area contributed by atoms with E-state index >= 15 is 0 Å². The molecule has 4 heteroatoms. The van der Waals surface area contributed by atoms with Crippen LogP contribution in [0.1, 0.15) is 83.1 Å². The van der Waals surface area contributed by atoms with E-state index in [1.807, 2.05) is 18.7 Å². The number of fused-ring (bicyclic) bond motifs is 1. The van der Waals surface area contributed by atoms with Gasteiger partial charge in [0.25, 0.3) is 5.95 Å². The van der Waals surface area contributed by atoms with Gasteiger partial charge in [0.05, 0.1) is 5.92 Å². The Morgan fingerprint density at radius 3 is 2.67 bits per heavy atom. The lowest BCUT2D eigenvalue weighted by molar-refractivity contribution is -0.140. The number of thioether (sulfide) groups is 1. The Bertz CT molecular complexity index is 927. The Morgan fingerprint density at radius 2 is 1.97 bits per heavy atom. The van der Waals surface area contributed by atoms with Crippen LogP contribution in [0.25, 0.3) is 0 Å². The summed E-state index contributed by atoms with van der Waals surface area (Å²) in [6.45, 7) is 8.65. The van der Waals surface area contributed by atoms with Crippen LogP contribution in [0.3, 0.4) is 0 Å². The van der Waals surface area contributed by atoms with Crippen LogP contribution in [0.2, 0.25) is 0 Å². The lowest BCUT2D eigenvalue weighted by Gasteiger charge is -2.37. The average molecular weight is 425 g/mol. The quantitative estimate of drug-likeness (QED) is 0.355. The number of rotatable bonds is 7. The van der Waals surface area contributed by atoms with E-state index in [0.29, 0.717) is 5.76 Å². The predicted octanol–water partition coefficient (Wildman–Crippen LogP) is 6.96. The van der Waals surface area contributed by atoms with Gasteiger partial charge in [0, 0.05) is 16.5 Å². The zero-order valence-corrected chi connectivity index (χ0v) is 19.4. The molecular formula is C26H32O3S. The van der Waals surface area contributed by atoms with Crippen LogP contribution in [0, 0.1) is 17.8 Å². The fourth-order valence-electron chi connectivity index (χ4n) is 4.22. The second-order valence-electron chi connectivity index (χ2n) is 7.98. The third-order valence-electron chi connectivity index (χ3n) is 6.32. The van der Waals surface area contributed by atoms with Gasteiger partial charge in [-0.2, -0.15) is 0 Å². The second kappa shape index (κ2) is 10.3. The Kier molecular flexibility index (Phi) is 7.72. The molecule has 1 aromatic heterocycles. The first-order valence-electron chi connectivity index (χ1n) is 11.2. The SMILES string of the molecule is CCCC(CC)C(=O)Oc1ccc(C#Cc2ccc3c(c2)C(CC)(CC)CCS3)o1. The normalized spacial score (nSPS) is 15.6. The number of ether oxygens (including phenoxy) is 1. The molecule has 2 heterocycles. The van der Waals surface area contributed by atoms with Crippen molar-refractivity contribution in [1.82, 2.24) is 0 Å². The van der Waals surface area contributed by atoms with Crippen molar-refractivity contribution in [2.24, 2.45) is 5.92 Å². The maximum absolute atomic E-state index is 12.3. The fourth-order valence-corrected chi connectivity index (χ4v) is 5.53. The minimum absolute atomic E-state index is 0.0830. The van der Waals surface area contributed by atoms with Gasteiger partial charge in [-0.3, -0.25) is 4.79 Å². The third kappa shape index (κ3) is 4.95. The molecule has 1 unspecified atom stereocenters. The monoisotopic (exact) mass is 424 g/mol. The largest absolute Gasteiger partial charge is 0.417 e. The van der Waals surface area contributed by atoms with Crippen LogP contribution >= 0.6 is 11.8 Å². The molecular weight excluding hydrogens is 392 g/mol. The van der Waals surface area contributed by atoms with Crippen LogP contribution in [0.4, 0.5) is 0 Å². The van der Waals surface area contributed by atoms with E-state index in [4.69, 9.17) is 9.15 Å². The van der Waals surface area contributed by atoms with Crippen LogP contribution in [-0.2, 0) is 10.2 Å². The van der Waals surface area contributed by atoms with Crippen molar-refractivity contribution in [1.29, 1.82) is 0 Å². The van der Waals surface area contributed by atoms with E-state index in [2.05, 4.69) is 50.8 Å². The van der Waals surface area contributed by atoms with Gasteiger partial charge in [0.1, 0.15) is 0 Å². The van der Waals surface area contributed by atoms with E-state index in [1.165, 1.54) is 22.6 Å². The van der Waals surface area contributed by atoms with Gasteiger partial charge in [-0.05, 0) is 79.0 Å². The molecule has 1 aromatic carbocycles. The van der Waals surface area contributed by atoms with Gasteiger partial charge in [-0.1, -0.05) is 40.0 Å². The molecule has 0 saturated carbocycles. The van der Waals surface area contributed by atoms with Crippen molar-refractivity contribution in [2.75, 3.05) is 5.75 Å². The molecule has 3 nitrogen and oxygen atoms in total. The predicted molar refractivity (Wildman–Crippen MR) is 123 cm³/mol. The first-order valence-corrected chi connectivity index (χ1v) is 12.1. The summed E-state index contributed by atoms with van der Waals surface area (Å²) < 4.78 is 11.0. The van der Waals surface area contributed by atoms with Crippen LogP contribution in [-0.4, -0.2) is 11.7 Å². The number of hydrogen-bond acceptors (Lipinski definition) is 4. The Labute approximate surface area is 185 Å². The topological polar surface area (TPSA) is 39.4 Å². The maximum Gasteiger partial charge on any atom is 0.316 e. The summed E-state index contributed by atoms with van der Waals surface area (Å²) in [7, 11) is 0. The lowest BCUT2D eigenvalue weighted by atomic mass is 9.73. The van der Waals surface area contributed by atoms with Crippen molar-refractivity contribution in [3.63, 3.8) is 0 Å². The Hall–Kier alpha value is -2.12. The molecule has 0 aliphatic carbocycles. The number of esters is 1.